The second-order valence-corrected chi connectivity index (χ2v) is 1.07. The maximum atomic E-state index is 9.54. The first kappa shape index (κ1) is 10.9. The van der Waals surface area contributed by atoms with Crippen molar-refractivity contribution in [1.29, 1.82) is 0 Å². The van der Waals surface area contributed by atoms with Crippen molar-refractivity contribution in [1.82, 2.24) is 0 Å². The summed E-state index contributed by atoms with van der Waals surface area (Å²) < 4.78 is 0. The average Bonchev–Trinajstić information content (AvgIpc) is 1.65. The van der Waals surface area contributed by atoms with E-state index in [2.05, 4.69) is 0 Å². The Labute approximate surface area is 86.6 Å². The van der Waals surface area contributed by atoms with Crippen molar-refractivity contribution in [3.05, 3.63) is 11.6 Å². The van der Waals surface area contributed by atoms with Gasteiger partial charge in [-0.05, 0) is 6.29 Å². The fourth-order valence-corrected chi connectivity index (χ4v) is 0.0589. The van der Waals surface area contributed by atoms with Crippen LogP contribution in [-0.4, -0.2) is 6.29 Å². The smallest absolute Gasteiger partial charge is 0.419 e. The van der Waals surface area contributed by atoms with E-state index in [0.717, 1.165) is 0 Å². The molecule has 0 bridgehead atoms. The Morgan fingerprint density at radius 1 is 1.71 bits per heavy atom. The first-order valence-electron chi connectivity index (χ1n) is 1.82. The molecule has 0 aliphatic carbocycles. The van der Waals surface area contributed by atoms with Crippen LogP contribution in [0.1, 0.15) is 13.8 Å². The predicted octanol–water partition coefficient (Wildman–Crippen LogP) is -1.93. The van der Waals surface area contributed by atoms with E-state index in [1.807, 2.05) is 0 Å². The topological polar surface area (TPSA) is 17.1 Å². The molecule has 0 heterocycles. The molecule has 0 unspecified atom stereocenters. The molecule has 0 N–H and O–H groups in total. The van der Waals surface area contributed by atoms with Crippen LogP contribution < -0.4 is 51.4 Å². The molecule has 2 heteroatoms. The molecule has 0 aromatic carbocycles. The van der Waals surface area contributed by atoms with E-state index in [4.69, 9.17) is 0 Å². The molecule has 0 aromatic heterocycles. The van der Waals surface area contributed by atoms with Crippen molar-refractivity contribution in [2.75, 3.05) is 0 Å². The zero-order valence-electron chi connectivity index (χ0n) is 4.99. The van der Waals surface area contributed by atoms with E-state index < -0.39 is 0 Å². The van der Waals surface area contributed by atoms with E-state index in [1.54, 1.807) is 26.2 Å². The second-order valence-electron chi connectivity index (χ2n) is 1.07. The van der Waals surface area contributed by atoms with Gasteiger partial charge in [0.2, 0.25) is 0 Å². The second kappa shape index (κ2) is 7.05. The van der Waals surface area contributed by atoms with Gasteiger partial charge in [0.15, 0.2) is 0 Å². The van der Waals surface area contributed by atoms with Gasteiger partial charge in [0, 0.05) is 0 Å². The minimum Gasteiger partial charge on any atom is -0.419 e. The van der Waals surface area contributed by atoms with Crippen LogP contribution >= 0.6 is 0 Å². The molecular formula is C5H7KO. The van der Waals surface area contributed by atoms with Crippen molar-refractivity contribution in [2.24, 2.45) is 0 Å². The minimum atomic E-state index is 0. The zero-order chi connectivity index (χ0) is 4.99. The predicted molar refractivity (Wildman–Crippen MR) is 25.1 cm³/mol. The quantitative estimate of drug-likeness (QED) is 0.225. The number of allylic oxidation sites excluding steroid dienone is 2. The number of hydrogen-bond acceptors (Lipinski definition) is 1. The van der Waals surface area contributed by atoms with Crippen LogP contribution in [0.3, 0.4) is 0 Å². The van der Waals surface area contributed by atoms with Gasteiger partial charge in [0.1, 0.15) is 0 Å². The first-order valence-corrected chi connectivity index (χ1v) is 1.82. The van der Waals surface area contributed by atoms with Gasteiger partial charge in [0.25, 0.3) is 0 Å². The standard InChI is InChI=1S/C5H7O.K/c1-3-5(2)4-6;/h3H,1-2H3;/q-1;+1/b5-3+;. The van der Waals surface area contributed by atoms with Gasteiger partial charge in [0.05, 0.1) is 0 Å². The molecule has 0 saturated heterocycles. The van der Waals surface area contributed by atoms with Crippen molar-refractivity contribution < 1.29 is 56.2 Å². The monoisotopic (exact) mass is 122 g/mol. The van der Waals surface area contributed by atoms with Crippen molar-refractivity contribution in [2.45, 2.75) is 13.8 Å². The maximum Gasteiger partial charge on any atom is 1.00 e. The van der Waals surface area contributed by atoms with Crippen molar-refractivity contribution in [3.63, 3.8) is 0 Å². The fourth-order valence-electron chi connectivity index (χ4n) is 0.0589. The molecule has 0 amide bonds. The van der Waals surface area contributed by atoms with Crippen LogP contribution in [0.5, 0.6) is 0 Å². The van der Waals surface area contributed by atoms with Crippen molar-refractivity contribution >= 4 is 6.29 Å². The number of hydrogen-bond donors (Lipinski definition) is 0. The van der Waals surface area contributed by atoms with Gasteiger partial charge in [-0.1, -0.05) is 6.92 Å². The summed E-state index contributed by atoms with van der Waals surface area (Å²) in [6, 6.07) is 0. The number of rotatable bonds is 1. The zero-order valence-corrected chi connectivity index (χ0v) is 8.11. The van der Waals surface area contributed by atoms with Gasteiger partial charge in [-0.25, -0.2) is 6.08 Å². The number of carbonyl (C=O) groups excluding carboxylic acids is 1. The van der Waals surface area contributed by atoms with Crippen LogP contribution in [0.15, 0.2) is 11.6 Å². The van der Waals surface area contributed by atoms with E-state index in [0.29, 0.717) is 5.57 Å². The molecule has 0 atom stereocenters. The summed E-state index contributed by atoms with van der Waals surface area (Å²) in [5, 5.41) is 0. The van der Waals surface area contributed by atoms with Crippen LogP contribution in [0.2, 0.25) is 0 Å². The normalized spacial score (nSPS) is 9.71. The van der Waals surface area contributed by atoms with E-state index in [-0.39, 0.29) is 51.4 Å². The Morgan fingerprint density at radius 2 is 2.14 bits per heavy atom. The summed E-state index contributed by atoms with van der Waals surface area (Å²) in [4.78, 5) is 9.54. The molecular weight excluding hydrogens is 115 g/mol. The third kappa shape index (κ3) is 7.05. The summed E-state index contributed by atoms with van der Waals surface area (Å²) in [5.41, 5.74) is 0.662. The van der Waals surface area contributed by atoms with Crippen LogP contribution in [0.4, 0.5) is 0 Å². The summed E-state index contributed by atoms with van der Waals surface area (Å²) >= 11 is 0. The van der Waals surface area contributed by atoms with Crippen LogP contribution in [0, 0.1) is 0 Å². The Balaban J connectivity index is 0. The Bertz CT molecular complexity index is 76.1. The molecule has 34 valence electrons. The largest absolute Gasteiger partial charge is 1.00 e. The molecule has 0 spiro atoms. The first-order chi connectivity index (χ1) is 2.81. The van der Waals surface area contributed by atoms with Gasteiger partial charge in [-0.3, -0.25) is 0 Å². The summed E-state index contributed by atoms with van der Waals surface area (Å²) in [6.07, 6.45) is 3.44. The van der Waals surface area contributed by atoms with E-state index in [1.165, 1.54) is 0 Å². The third-order valence-corrected chi connectivity index (χ3v) is 0.594. The van der Waals surface area contributed by atoms with Crippen LogP contribution in [-0.2, 0) is 4.79 Å². The maximum absolute atomic E-state index is 9.54. The minimum absolute atomic E-state index is 0. The van der Waals surface area contributed by atoms with Crippen LogP contribution in [0.25, 0.3) is 0 Å². The molecule has 0 saturated carbocycles. The van der Waals surface area contributed by atoms with Gasteiger partial charge in [-0.15, -0.1) is 6.92 Å². The molecule has 0 aliphatic heterocycles. The molecule has 7 heavy (non-hydrogen) atoms. The van der Waals surface area contributed by atoms with E-state index >= 15 is 0 Å². The SMILES string of the molecule is C/C=C(\C)[C-]=O.[K+]. The molecule has 0 radical (unpaired) electrons. The van der Waals surface area contributed by atoms with Crippen molar-refractivity contribution in [3.8, 4) is 0 Å². The summed E-state index contributed by atoms with van der Waals surface area (Å²) in [7, 11) is 0. The molecule has 0 aliphatic rings. The average molecular weight is 122 g/mol. The third-order valence-electron chi connectivity index (χ3n) is 0.594. The molecule has 0 rings (SSSR count). The molecule has 0 aromatic rings. The summed E-state index contributed by atoms with van der Waals surface area (Å²) in [6.45, 7) is 3.52. The van der Waals surface area contributed by atoms with Gasteiger partial charge in [-0.2, -0.15) is 5.57 Å². The Kier molecular flexibility index (Phi) is 11.0. The van der Waals surface area contributed by atoms with E-state index in [9.17, 15) is 4.79 Å². The molecule has 1 nitrogen and oxygen atoms in total. The fraction of sp³-hybridized carbons (Fsp3) is 0.400. The Hall–Kier alpha value is 1.05. The van der Waals surface area contributed by atoms with Gasteiger partial charge >= 0.3 is 51.4 Å². The van der Waals surface area contributed by atoms with Gasteiger partial charge < -0.3 is 4.79 Å². The Morgan fingerprint density at radius 3 is 2.14 bits per heavy atom. The summed E-state index contributed by atoms with van der Waals surface area (Å²) in [5.74, 6) is 0. The molecule has 0 fully saturated rings.